The summed E-state index contributed by atoms with van der Waals surface area (Å²) in [6, 6.07) is 0. The molecule has 0 amide bonds. The van der Waals surface area contributed by atoms with Crippen LogP contribution < -0.4 is 0 Å². The van der Waals surface area contributed by atoms with Gasteiger partial charge in [0.05, 0.1) is 0 Å². The molecule has 0 saturated carbocycles. The highest BCUT2D eigenvalue weighted by Crippen LogP contribution is 2.56. The van der Waals surface area contributed by atoms with Crippen LogP contribution in [0.2, 0.25) is 0 Å². The van der Waals surface area contributed by atoms with E-state index in [4.69, 9.17) is 22.5 Å². The van der Waals surface area contributed by atoms with Gasteiger partial charge in [0.25, 0.3) is 5.85 Å². The predicted octanol–water partition coefficient (Wildman–Crippen LogP) is 3.85. The first-order valence-electron chi connectivity index (χ1n) is 3.04. The third-order valence-corrected chi connectivity index (χ3v) is 2.87. The summed E-state index contributed by atoms with van der Waals surface area (Å²) in [5.74, 6) is -2.75. The van der Waals surface area contributed by atoms with Crippen molar-refractivity contribution in [3.63, 3.8) is 0 Å². The zero-order chi connectivity index (χ0) is 7.33. The third kappa shape index (κ3) is 8.81. The molecule has 4 heteroatoms. The Morgan fingerprint density at radius 2 is 1.89 bits per heavy atom. The zero-order valence-electron chi connectivity index (χ0n) is 5.44. The Balaban J connectivity index is 3.18. The first-order chi connectivity index (χ1) is 4.06. The SMILES string of the molecule is CCCCCP(=O)(Cl)Cl. The summed E-state index contributed by atoms with van der Waals surface area (Å²) < 4.78 is 10.6. The first-order valence-corrected chi connectivity index (χ1v) is 6.75. The average Bonchev–Trinajstić information content (AvgIpc) is 1.63. The maximum absolute atomic E-state index is 10.6. The van der Waals surface area contributed by atoms with Crippen molar-refractivity contribution in [2.45, 2.75) is 26.2 Å². The van der Waals surface area contributed by atoms with Crippen molar-refractivity contribution < 1.29 is 4.57 Å². The van der Waals surface area contributed by atoms with E-state index in [0.717, 1.165) is 19.3 Å². The van der Waals surface area contributed by atoms with E-state index in [1.807, 2.05) is 0 Å². The molecule has 0 aromatic heterocycles. The molecule has 0 aliphatic heterocycles. The summed E-state index contributed by atoms with van der Waals surface area (Å²) in [6.07, 6.45) is 3.50. The fraction of sp³-hybridized carbons (Fsp3) is 1.00. The van der Waals surface area contributed by atoms with E-state index in [1.54, 1.807) is 0 Å². The Morgan fingerprint density at radius 3 is 2.22 bits per heavy atom. The van der Waals surface area contributed by atoms with Crippen LogP contribution in [0, 0.1) is 0 Å². The molecule has 0 bridgehead atoms. The molecule has 0 N–H and O–H groups in total. The van der Waals surface area contributed by atoms with Crippen LogP contribution >= 0.6 is 28.3 Å². The van der Waals surface area contributed by atoms with Crippen LogP contribution in [0.5, 0.6) is 0 Å². The number of rotatable bonds is 4. The quantitative estimate of drug-likeness (QED) is 0.484. The van der Waals surface area contributed by atoms with Gasteiger partial charge in [-0.2, -0.15) is 0 Å². The summed E-state index contributed by atoms with van der Waals surface area (Å²) in [7, 11) is 0. The van der Waals surface area contributed by atoms with Gasteiger partial charge >= 0.3 is 0 Å². The predicted molar refractivity (Wildman–Crippen MR) is 43.7 cm³/mol. The largest absolute Gasteiger partial charge is 0.289 e. The molecule has 0 unspecified atom stereocenters. The lowest BCUT2D eigenvalue weighted by molar-refractivity contribution is 0.590. The molecule has 0 fully saturated rings. The molecule has 56 valence electrons. The van der Waals surface area contributed by atoms with Crippen LogP contribution in [0.1, 0.15) is 26.2 Å². The van der Waals surface area contributed by atoms with Crippen molar-refractivity contribution in [1.29, 1.82) is 0 Å². The van der Waals surface area contributed by atoms with Crippen LogP contribution in [-0.4, -0.2) is 6.16 Å². The van der Waals surface area contributed by atoms with E-state index in [-0.39, 0.29) is 0 Å². The van der Waals surface area contributed by atoms with Crippen molar-refractivity contribution in [2.24, 2.45) is 0 Å². The van der Waals surface area contributed by atoms with Crippen LogP contribution in [0.4, 0.5) is 0 Å². The molecule has 0 aromatic rings. The molecule has 0 spiro atoms. The molecule has 0 atom stereocenters. The van der Waals surface area contributed by atoms with Gasteiger partial charge in [0.2, 0.25) is 0 Å². The van der Waals surface area contributed by atoms with Crippen LogP contribution in [0.25, 0.3) is 0 Å². The van der Waals surface area contributed by atoms with E-state index >= 15 is 0 Å². The van der Waals surface area contributed by atoms with E-state index in [0.29, 0.717) is 6.16 Å². The number of hydrogen-bond donors (Lipinski definition) is 0. The molecule has 0 heterocycles. The molecular formula is C5H11Cl2OP. The van der Waals surface area contributed by atoms with Gasteiger partial charge in [-0.05, 0) is 28.9 Å². The van der Waals surface area contributed by atoms with Crippen molar-refractivity contribution in [3.05, 3.63) is 0 Å². The standard InChI is InChI=1S/C5H11Cl2OP/c1-2-3-4-5-9(6,7)8/h2-5H2,1H3. The summed E-state index contributed by atoms with van der Waals surface area (Å²) in [5.41, 5.74) is 0. The summed E-state index contributed by atoms with van der Waals surface area (Å²) in [6.45, 7) is 2.08. The monoisotopic (exact) mass is 188 g/mol. The fourth-order valence-electron chi connectivity index (χ4n) is 0.546. The molecule has 0 radical (unpaired) electrons. The van der Waals surface area contributed by atoms with E-state index in [1.165, 1.54) is 0 Å². The van der Waals surface area contributed by atoms with Gasteiger partial charge in [0, 0.05) is 6.16 Å². The Kier molecular flexibility index (Phi) is 5.01. The van der Waals surface area contributed by atoms with Gasteiger partial charge in [-0.15, -0.1) is 0 Å². The normalized spacial score (nSPS) is 11.9. The summed E-state index contributed by atoms with van der Waals surface area (Å²) in [5, 5.41) is 0. The van der Waals surface area contributed by atoms with Gasteiger partial charge in [0.15, 0.2) is 0 Å². The highest BCUT2D eigenvalue weighted by Gasteiger charge is 2.11. The van der Waals surface area contributed by atoms with Crippen LogP contribution in [0.15, 0.2) is 0 Å². The highest BCUT2D eigenvalue weighted by molar-refractivity contribution is 8.08. The van der Waals surface area contributed by atoms with E-state index in [9.17, 15) is 4.57 Å². The van der Waals surface area contributed by atoms with Gasteiger partial charge < -0.3 is 0 Å². The van der Waals surface area contributed by atoms with Crippen molar-refractivity contribution in [1.82, 2.24) is 0 Å². The zero-order valence-corrected chi connectivity index (χ0v) is 7.85. The Labute approximate surface area is 65.7 Å². The summed E-state index contributed by atoms with van der Waals surface area (Å²) in [4.78, 5) is 0. The number of hydrogen-bond acceptors (Lipinski definition) is 1. The van der Waals surface area contributed by atoms with Gasteiger partial charge in [-0.25, -0.2) is 0 Å². The van der Waals surface area contributed by atoms with Gasteiger partial charge in [-0.3, -0.25) is 4.57 Å². The Bertz CT molecular complexity index is 110. The average molecular weight is 189 g/mol. The lowest BCUT2D eigenvalue weighted by atomic mass is 10.3. The molecule has 0 rings (SSSR count). The minimum absolute atomic E-state index is 0.462. The van der Waals surface area contributed by atoms with E-state index < -0.39 is 5.85 Å². The van der Waals surface area contributed by atoms with Crippen LogP contribution in [-0.2, 0) is 4.57 Å². The number of halogens is 2. The molecule has 0 aliphatic carbocycles. The second-order valence-electron chi connectivity index (χ2n) is 2.00. The van der Waals surface area contributed by atoms with Crippen LogP contribution in [0.3, 0.4) is 0 Å². The second kappa shape index (κ2) is 4.60. The highest BCUT2D eigenvalue weighted by atomic mass is 35.9. The number of unbranched alkanes of at least 4 members (excludes halogenated alkanes) is 2. The second-order valence-corrected chi connectivity index (χ2v) is 7.38. The van der Waals surface area contributed by atoms with Crippen molar-refractivity contribution >= 4 is 28.3 Å². The smallest absolute Gasteiger partial charge is 0.253 e. The lowest BCUT2D eigenvalue weighted by Crippen LogP contribution is -1.78. The molecular weight excluding hydrogens is 178 g/mol. The Morgan fingerprint density at radius 1 is 1.33 bits per heavy atom. The lowest BCUT2D eigenvalue weighted by Gasteiger charge is -1.98. The van der Waals surface area contributed by atoms with E-state index in [2.05, 4.69) is 6.92 Å². The molecule has 0 aliphatic rings. The maximum Gasteiger partial charge on any atom is 0.253 e. The molecule has 1 nitrogen and oxygen atoms in total. The van der Waals surface area contributed by atoms with Gasteiger partial charge in [-0.1, -0.05) is 19.8 Å². The maximum atomic E-state index is 10.6. The topological polar surface area (TPSA) is 17.1 Å². The minimum atomic E-state index is -2.75. The van der Waals surface area contributed by atoms with Gasteiger partial charge in [0.1, 0.15) is 0 Å². The Hall–Kier alpha value is 0.810. The molecule has 0 saturated heterocycles. The first kappa shape index (κ1) is 9.81. The molecule has 0 aromatic carbocycles. The third-order valence-electron chi connectivity index (χ3n) is 1.02. The fourth-order valence-corrected chi connectivity index (χ4v) is 1.85. The summed E-state index contributed by atoms with van der Waals surface area (Å²) >= 11 is 10.6. The van der Waals surface area contributed by atoms with Crippen molar-refractivity contribution in [2.75, 3.05) is 6.16 Å². The van der Waals surface area contributed by atoms with Crippen molar-refractivity contribution in [3.8, 4) is 0 Å². The molecule has 9 heavy (non-hydrogen) atoms. The minimum Gasteiger partial charge on any atom is -0.289 e.